The lowest BCUT2D eigenvalue weighted by Crippen LogP contribution is -2.54. The summed E-state index contributed by atoms with van der Waals surface area (Å²) >= 11 is 0. The van der Waals surface area contributed by atoms with Gasteiger partial charge in [0.25, 0.3) is 0 Å². The number of nitrogens with one attached hydrogen (secondary N) is 1. The van der Waals surface area contributed by atoms with Crippen LogP contribution < -0.4 is 11.1 Å². The number of nitrogens with two attached hydrogens (primary N) is 1. The fourth-order valence-electron chi connectivity index (χ4n) is 3.10. The Morgan fingerprint density at radius 1 is 1.19 bits per heavy atom. The zero-order chi connectivity index (χ0) is 14.9. The molecule has 1 aromatic carbocycles. The van der Waals surface area contributed by atoms with Crippen molar-refractivity contribution in [1.29, 1.82) is 0 Å². The van der Waals surface area contributed by atoms with Gasteiger partial charge in [0.1, 0.15) is 5.54 Å². The molecule has 3 N–H and O–H groups in total. The SMILES string of the molecule is CC(N)(C(=O)NC1CCN(C2CC2)CC1)c1ccccc1. The highest BCUT2D eigenvalue weighted by Gasteiger charge is 2.35. The third-order valence-corrected chi connectivity index (χ3v) is 4.77. The van der Waals surface area contributed by atoms with E-state index in [4.69, 9.17) is 5.73 Å². The number of piperidine rings is 1. The molecule has 2 aliphatic rings. The number of nitrogens with zero attached hydrogens (tertiary/aromatic N) is 1. The van der Waals surface area contributed by atoms with Gasteiger partial charge in [-0.1, -0.05) is 30.3 Å². The van der Waals surface area contributed by atoms with Gasteiger partial charge in [-0.05, 0) is 38.2 Å². The summed E-state index contributed by atoms with van der Waals surface area (Å²) in [5.74, 6) is -0.0708. The molecule has 0 aromatic heterocycles. The lowest BCUT2D eigenvalue weighted by atomic mass is 9.91. The minimum Gasteiger partial charge on any atom is -0.351 e. The first-order valence-corrected chi connectivity index (χ1v) is 7.97. The van der Waals surface area contributed by atoms with Crippen LogP contribution in [0.15, 0.2) is 30.3 Å². The van der Waals surface area contributed by atoms with Crippen molar-refractivity contribution >= 4 is 5.91 Å². The van der Waals surface area contributed by atoms with E-state index in [1.54, 1.807) is 6.92 Å². The molecule has 0 radical (unpaired) electrons. The Balaban J connectivity index is 1.56. The summed E-state index contributed by atoms with van der Waals surface area (Å²) in [6.07, 6.45) is 4.78. The Morgan fingerprint density at radius 2 is 1.81 bits per heavy atom. The highest BCUT2D eigenvalue weighted by Crippen LogP contribution is 2.29. The minimum atomic E-state index is -0.963. The van der Waals surface area contributed by atoms with Crippen molar-refractivity contribution in [1.82, 2.24) is 10.2 Å². The van der Waals surface area contributed by atoms with Crippen LogP contribution >= 0.6 is 0 Å². The predicted molar refractivity (Wildman–Crippen MR) is 83.7 cm³/mol. The zero-order valence-corrected chi connectivity index (χ0v) is 12.7. The number of carbonyl (C=O) groups is 1. The molecule has 3 rings (SSSR count). The molecule has 1 saturated heterocycles. The Bertz CT molecular complexity index is 488. The number of carbonyl (C=O) groups excluding carboxylic acids is 1. The van der Waals surface area contributed by atoms with E-state index in [1.807, 2.05) is 30.3 Å². The van der Waals surface area contributed by atoms with Crippen LogP contribution in [0.5, 0.6) is 0 Å². The number of amides is 1. The van der Waals surface area contributed by atoms with Crippen molar-refractivity contribution in [3.05, 3.63) is 35.9 Å². The van der Waals surface area contributed by atoms with Crippen LogP contribution in [0.25, 0.3) is 0 Å². The largest absolute Gasteiger partial charge is 0.351 e. The molecule has 1 aliphatic carbocycles. The molecule has 1 aromatic rings. The summed E-state index contributed by atoms with van der Waals surface area (Å²) in [7, 11) is 0. The lowest BCUT2D eigenvalue weighted by molar-refractivity contribution is -0.127. The Kier molecular flexibility index (Phi) is 4.00. The van der Waals surface area contributed by atoms with Crippen molar-refractivity contribution in [3.63, 3.8) is 0 Å². The van der Waals surface area contributed by atoms with Gasteiger partial charge in [-0.25, -0.2) is 0 Å². The lowest BCUT2D eigenvalue weighted by Gasteiger charge is -2.34. The second kappa shape index (κ2) is 5.78. The maximum absolute atomic E-state index is 12.5. The molecule has 4 heteroatoms. The normalized spacial score (nSPS) is 23.5. The van der Waals surface area contributed by atoms with Gasteiger partial charge in [-0.15, -0.1) is 0 Å². The van der Waals surface area contributed by atoms with Crippen LogP contribution in [0.1, 0.15) is 38.2 Å². The van der Waals surface area contributed by atoms with E-state index < -0.39 is 5.54 Å². The zero-order valence-electron chi connectivity index (χ0n) is 12.7. The second-order valence-electron chi connectivity index (χ2n) is 6.58. The number of rotatable bonds is 4. The minimum absolute atomic E-state index is 0.0708. The quantitative estimate of drug-likeness (QED) is 0.884. The maximum Gasteiger partial charge on any atom is 0.244 e. The Morgan fingerprint density at radius 3 is 2.38 bits per heavy atom. The molecule has 1 atom stereocenters. The van der Waals surface area contributed by atoms with Crippen molar-refractivity contribution in [2.24, 2.45) is 5.73 Å². The van der Waals surface area contributed by atoms with Gasteiger partial charge >= 0.3 is 0 Å². The molecular formula is C17H25N3O. The van der Waals surface area contributed by atoms with Crippen LogP contribution in [0.4, 0.5) is 0 Å². The third-order valence-electron chi connectivity index (χ3n) is 4.77. The molecular weight excluding hydrogens is 262 g/mol. The molecule has 21 heavy (non-hydrogen) atoms. The molecule has 1 aliphatic heterocycles. The van der Waals surface area contributed by atoms with Gasteiger partial charge in [0, 0.05) is 25.2 Å². The highest BCUT2D eigenvalue weighted by molar-refractivity contribution is 5.87. The van der Waals surface area contributed by atoms with Crippen LogP contribution in [0.2, 0.25) is 0 Å². The third kappa shape index (κ3) is 3.27. The number of likely N-dealkylation sites (tertiary alicyclic amines) is 1. The first-order valence-electron chi connectivity index (χ1n) is 7.97. The van der Waals surface area contributed by atoms with Gasteiger partial charge in [0.05, 0.1) is 0 Å². The Hall–Kier alpha value is -1.39. The van der Waals surface area contributed by atoms with Crippen LogP contribution in [0, 0.1) is 0 Å². The maximum atomic E-state index is 12.5. The first-order chi connectivity index (χ1) is 10.1. The van der Waals surface area contributed by atoms with E-state index in [1.165, 1.54) is 12.8 Å². The highest BCUT2D eigenvalue weighted by atomic mass is 16.2. The topological polar surface area (TPSA) is 58.4 Å². The number of hydrogen-bond acceptors (Lipinski definition) is 3. The van der Waals surface area contributed by atoms with Gasteiger partial charge in [-0.3, -0.25) is 4.79 Å². The van der Waals surface area contributed by atoms with Crippen LogP contribution in [0.3, 0.4) is 0 Å². The monoisotopic (exact) mass is 287 g/mol. The van der Waals surface area contributed by atoms with Crippen molar-refractivity contribution in [2.45, 2.75) is 50.2 Å². The van der Waals surface area contributed by atoms with Crippen molar-refractivity contribution < 1.29 is 4.79 Å². The van der Waals surface area contributed by atoms with Crippen molar-refractivity contribution in [2.75, 3.05) is 13.1 Å². The fraction of sp³-hybridized carbons (Fsp3) is 0.588. The average Bonchev–Trinajstić information content (AvgIpc) is 3.33. The van der Waals surface area contributed by atoms with E-state index in [2.05, 4.69) is 10.2 Å². The van der Waals surface area contributed by atoms with E-state index >= 15 is 0 Å². The second-order valence-corrected chi connectivity index (χ2v) is 6.58. The van der Waals surface area contributed by atoms with Crippen LogP contribution in [-0.2, 0) is 10.3 Å². The fourth-order valence-corrected chi connectivity index (χ4v) is 3.10. The molecule has 2 fully saturated rings. The van der Waals surface area contributed by atoms with E-state index in [0.29, 0.717) is 0 Å². The smallest absolute Gasteiger partial charge is 0.244 e. The summed E-state index contributed by atoms with van der Waals surface area (Å²) in [4.78, 5) is 15.1. The standard InChI is InChI=1S/C17H25N3O/c1-17(18,13-5-3-2-4-6-13)16(21)19-14-9-11-20(12-10-14)15-7-8-15/h2-6,14-15H,7-12,18H2,1H3,(H,19,21). The summed E-state index contributed by atoms with van der Waals surface area (Å²) in [6.45, 7) is 3.99. The molecule has 1 heterocycles. The van der Waals surface area contributed by atoms with Gasteiger partial charge in [0.2, 0.25) is 5.91 Å². The van der Waals surface area contributed by atoms with Gasteiger partial charge < -0.3 is 16.0 Å². The van der Waals surface area contributed by atoms with E-state index in [-0.39, 0.29) is 11.9 Å². The molecule has 0 spiro atoms. The van der Waals surface area contributed by atoms with E-state index in [9.17, 15) is 4.79 Å². The molecule has 0 bridgehead atoms. The summed E-state index contributed by atoms with van der Waals surface area (Å²) in [5, 5.41) is 3.15. The predicted octanol–water partition coefficient (Wildman–Crippen LogP) is 1.60. The summed E-state index contributed by atoms with van der Waals surface area (Å²) < 4.78 is 0. The summed E-state index contributed by atoms with van der Waals surface area (Å²) in [5.41, 5.74) is 6.16. The molecule has 1 saturated carbocycles. The number of hydrogen-bond donors (Lipinski definition) is 2. The Labute approximate surface area is 126 Å². The van der Waals surface area contributed by atoms with E-state index in [0.717, 1.165) is 37.5 Å². The van der Waals surface area contributed by atoms with Gasteiger partial charge in [-0.2, -0.15) is 0 Å². The molecule has 4 nitrogen and oxygen atoms in total. The average molecular weight is 287 g/mol. The molecule has 114 valence electrons. The first kappa shape index (κ1) is 14.5. The van der Waals surface area contributed by atoms with Crippen LogP contribution in [-0.4, -0.2) is 36.0 Å². The van der Waals surface area contributed by atoms with Crippen molar-refractivity contribution in [3.8, 4) is 0 Å². The van der Waals surface area contributed by atoms with Gasteiger partial charge in [0.15, 0.2) is 0 Å². The number of benzene rings is 1. The summed E-state index contributed by atoms with van der Waals surface area (Å²) in [6, 6.07) is 10.7. The molecule has 1 unspecified atom stereocenters. The molecule has 1 amide bonds.